The molecule has 0 saturated carbocycles. The summed E-state index contributed by atoms with van der Waals surface area (Å²) in [6.45, 7) is 0. The summed E-state index contributed by atoms with van der Waals surface area (Å²) in [4.78, 5) is 29.1. The first-order valence-electron chi connectivity index (χ1n) is 8.06. The maximum Gasteiger partial charge on any atom is 0.363 e. The molecule has 140 valence electrons. The number of carbonyl (C=O) groups excluding carboxylic acids is 2. The number of rotatable bonds is 5. The molecule has 0 aromatic heterocycles. The fraction of sp³-hybridized carbons (Fsp3) is 0. The molecule has 3 aromatic rings. The molecule has 0 radical (unpaired) electrons. The maximum atomic E-state index is 12.1. The van der Waals surface area contributed by atoms with Gasteiger partial charge in [0.2, 0.25) is 0 Å². The monoisotopic (exact) mass is 501 g/mol. The molecule has 8 heteroatoms. The Morgan fingerprint density at radius 3 is 2.21 bits per heavy atom. The van der Waals surface area contributed by atoms with Gasteiger partial charge in [-0.05, 0) is 76.6 Å². The van der Waals surface area contributed by atoms with Gasteiger partial charge in [0, 0.05) is 14.5 Å². The second-order valence-corrected chi connectivity index (χ2v) is 7.30. The number of amides is 1. The van der Waals surface area contributed by atoms with E-state index in [0.717, 1.165) is 4.47 Å². The molecule has 0 bridgehead atoms. The minimum atomic E-state index is -0.517. The minimum Gasteiger partial charge on any atom is -0.338 e. The van der Waals surface area contributed by atoms with Gasteiger partial charge in [-0.2, -0.15) is 0 Å². The summed E-state index contributed by atoms with van der Waals surface area (Å²) >= 11 is 6.61. The molecule has 6 nitrogen and oxygen atoms in total. The van der Waals surface area contributed by atoms with Crippen molar-refractivity contribution in [2.45, 2.75) is 0 Å². The van der Waals surface area contributed by atoms with Gasteiger partial charge in [0.1, 0.15) is 0 Å². The SMILES string of the molecule is O=C(N=Nc1ccc(NOC(=O)c2ccccc2Br)cc1)c1ccc(Br)cc1. The van der Waals surface area contributed by atoms with E-state index in [9.17, 15) is 9.59 Å². The first-order valence-corrected chi connectivity index (χ1v) is 9.65. The van der Waals surface area contributed by atoms with E-state index in [0.29, 0.717) is 27.0 Å². The first kappa shape index (κ1) is 19.9. The first-order chi connectivity index (χ1) is 13.5. The zero-order valence-electron chi connectivity index (χ0n) is 14.3. The van der Waals surface area contributed by atoms with Gasteiger partial charge in [-0.15, -0.1) is 10.2 Å². The molecule has 0 saturated heterocycles. The topological polar surface area (TPSA) is 80.1 Å². The Morgan fingerprint density at radius 1 is 0.857 bits per heavy atom. The minimum absolute atomic E-state index is 0.409. The highest BCUT2D eigenvalue weighted by Gasteiger charge is 2.11. The van der Waals surface area contributed by atoms with Crippen molar-refractivity contribution in [1.29, 1.82) is 0 Å². The van der Waals surface area contributed by atoms with Gasteiger partial charge in [0.15, 0.2) is 0 Å². The number of carbonyl (C=O) groups is 2. The molecule has 0 heterocycles. The fourth-order valence-corrected chi connectivity index (χ4v) is 2.85. The van der Waals surface area contributed by atoms with Crippen LogP contribution in [0, 0.1) is 0 Å². The predicted molar refractivity (Wildman–Crippen MR) is 113 cm³/mol. The van der Waals surface area contributed by atoms with Crippen molar-refractivity contribution in [2.75, 3.05) is 5.48 Å². The second kappa shape index (κ2) is 9.38. The Balaban J connectivity index is 1.57. The lowest BCUT2D eigenvalue weighted by molar-refractivity contribution is 0.0595. The van der Waals surface area contributed by atoms with Crippen LogP contribution < -0.4 is 5.48 Å². The lowest BCUT2D eigenvalue weighted by atomic mass is 10.2. The Morgan fingerprint density at radius 2 is 1.54 bits per heavy atom. The second-order valence-electron chi connectivity index (χ2n) is 5.53. The van der Waals surface area contributed by atoms with Gasteiger partial charge in [0.25, 0.3) is 5.91 Å². The number of halogens is 2. The number of benzene rings is 3. The molecule has 0 aliphatic carbocycles. The number of hydrogen-bond donors (Lipinski definition) is 1. The molecule has 0 fully saturated rings. The van der Waals surface area contributed by atoms with Crippen molar-refractivity contribution in [3.05, 3.63) is 92.9 Å². The summed E-state index contributed by atoms with van der Waals surface area (Å²) in [7, 11) is 0. The van der Waals surface area contributed by atoms with Gasteiger partial charge >= 0.3 is 5.97 Å². The van der Waals surface area contributed by atoms with Gasteiger partial charge < -0.3 is 4.84 Å². The van der Waals surface area contributed by atoms with Gasteiger partial charge in [-0.3, -0.25) is 4.79 Å². The molecule has 1 amide bonds. The summed E-state index contributed by atoms with van der Waals surface area (Å²) in [5.41, 5.74) is 4.48. The molecular formula is C20H13Br2N3O3. The van der Waals surface area contributed by atoms with Gasteiger partial charge in [-0.25, -0.2) is 10.3 Å². The van der Waals surface area contributed by atoms with Gasteiger partial charge in [0.05, 0.1) is 16.9 Å². The number of hydrogen-bond acceptors (Lipinski definition) is 5. The lowest BCUT2D eigenvalue weighted by Crippen LogP contribution is -2.11. The summed E-state index contributed by atoms with van der Waals surface area (Å²) in [6.07, 6.45) is 0. The molecule has 0 aliphatic rings. The van der Waals surface area contributed by atoms with E-state index in [-0.39, 0.29) is 0 Å². The van der Waals surface area contributed by atoms with E-state index >= 15 is 0 Å². The summed E-state index contributed by atoms with van der Waals surface area (Å²) in [5.74, 6) is -0.951. The van der Waals surface area contributed by atoms with Crippen LogP contribution in [-0.2, 0) is 4.84 Å². The molecule has 28 heavy (non-hydrogen) atoms. The van der Waals surface area contributed by atoms with Crippen molar-refractivity contribution >= 4 is 55.1 Å². The van der Waals surface area contributed by atoms with E-state index in [1.807, 2.05) is 6.07 Å². The summed E-state index contributed by atoms with van der Waals surface area (Å²) in [6, 6.07) is 20.4. The van der Waals surface area contributed by atoms with Crippen LogP contribution in [0.1, 0.15) is 20.7 Å². The normalized spacial score (nSPS) is 10.6. The van der Waals surface area contributed by atoms with Crippen LogP contribution in [0.2, 0.25) is 0 Å². The van der Waals surface area contributed by atoms with Crippen molar-refractivity contribution < 1.29 is 14.4 Å². The standard InChI is InChI=1S/C20H13Br2N3O3/c21-14-7-5-13(6-8-14)19(26)24-23-15-9-11-16(12-10-15)25-28-20(27)17-3-1-2-4-18(17)22/h1-12,25H. The molecule has 0 unspecified atom stereocenters. The highest BCUT2D eigenvalue weighted by molar-refractivity contribution is 9.10. The van der Waals surface area contributed by atoms with E-state index in [4.69, 9.17) is 4.84 Å². The third-order valence-corrected chi connectivity index (χ3v) is 4.79. The van der Waals surface area contributed by atoms with Crippen LogP contribution in [-0.4, -0.2) is 11.9 Å². The molecule has 3 rings (SSSR count). The third kappa shape index (κ3) is 5.34. The van der Waals surface area contributed by atoms with Crippen LogP contribution >= 0.6 is 31.9 Å². The third-order valence-electron chi connectivity index (χ3n) is 3.57. The Bertz CT molecular complexity index is 1020. The molecule has 0 atom stereocenters. The number of anilines is 1. The highest BCUT2D eigenvalue weighted by Crippen LogP contribution is 2.20. The smallest absolute Gasteiger partial charge is 0.338 e. The fourth-order valence-electron chi connectivity index (χ4n) is 2.14. The average Bonchev–Trinajstić information content (AvgIpc) is 2.72. The summed E-state index contributed by atoms with van der Waals surface area (Å²) in [5, 5.41) is 7.63. The Hall–Kier alpha value is -2.84. The predicted octanol–water partition coefficient (Wildman–Crippen LogP) is 6.32. The lowest BCUT2D eigenvalue weighted by Gasteiger charge is -2.07. The summed E-state index contributed by atoms with van der Waals surface area (Å²) < 4.78 is 1.53. The van der Waals surface area contributed by atoms with Crippen molar-refractivity contribution in [2.24, 2.45) is 10.2 Å². The van der Waals surface area contributed by atoms with Crippen LogP contribution in [0.25, 0.3) is 0 Å². The van der Waals surface area contributed by atoms with Crippen molar-refractivity contribution in [1.82, 2.24) is 0 Å². The Labute approximate surface area is 177 Å². The molecule has 1 N–H and O–H groups in total. The molecule has 3 aromatic carbocycles. The Kier molecular flexibility index (Phi) is 6.67. The molecule has 0 aliphatic heterocycles. The van der Waals surface area contributed by atoms with E-state index in [1.165, 1.54) is 0 Å². The van der Waals surface area contributed by atoms with Crippen LogP contribution in [0.3, 0.4) is 0 Å². The van der Waals surface area contributed by atoms with Crippen LogP contribution in [0.4, 0.5) is 11.4 Å². The zero-order chi connectivity index (χ0) is 19.9. The highest BCUT2D eigenvalue weighted by atomic mass is 79.9. The van der Waals surface area contributed by atoms with E-state index in [1.54, 1.807) is 66.7 Å². The number of azo groups is 1. The van der Waals surface area contributed by atoms with Crippen LogP contribution in [0.5, 0.6) is 0 Å². The van der Waals surface area contributed by atoms with Crippen LogP contribution in [0.15, 0.2) is 92.0 Å². The molecule has 0 spiro atoms. The largest absolute Gasteiger partial charge is 0.363 e. The van der Waals surface area contributed by atoms with Crippen molar-refractivity contribution in [3.8, 4) is 0 Å². The van der Waals surface area contributed by atoms with Gasteiger partial charge in [-0.1, -0.05) is 28.1 Å². The molecular weight excluding hydrogens is 490 g/mol. The zero-order valence-corrected chi connectivity index (χ0v) is 17.5. The van der Waals surface area contributed by atoms with E-state index < -0.39 is 11.9 Å². The maximum absolute atomic E-state index is 12.1. The average molecular weight is 503 g/mol. The van der Waals surface area contributed by atoms with Crippen molar-refractivity contribution in [3.63, 3.8) is 0 Å². The quantitative estimate of drug-likeness (QED) is 0.327. The number of nitrogens with zero attached hydrogens (tertiary/aromatic N) is 2. The number of nitrogens with one attached hydrogen (secondary N) is 1. The van der Waals surface area contributed by atoms with E-state index in [2.05, 4.69) is 47.6 Å².